The summed E-state index contributed by atoms with van der Waals surface area (Å²) in [6.07, 6.45) is 0.554. The number of hydrogen-bond acceptors (Lipinski definition) is 6. The quantitative estimate of drug-likeness (QED) is 0.300. The van der Waals surface area contributed by atoms with Crippen molar-refractivity contribution in [1.29, 1.82) is 0 Å². The van der Waals surface area contributed by atoms with Crippen molar-refractivity contribution in [3.8, 4) is 11.5 Å². The predicted octanol–water partition coefficient (Wildman–Crippen LogP) is 3.25. The molecule has 0 aromatic heterocycles. The van der Waals surface area contributed by atoms with Gasteiger partial charge in [0.25, 0.3) is 11.7 Å². The van der Waals surface area contributed by atoms with E-state index in [4.69, 9.17) is 9.47 Å². The van der Waals surface area contributed by atoms with Crippen LogP contribution in [-0.2, 0) is 14.3 Å². The maximum Gasteiger partial charge on any atom is 0.295 e. The van der Waals surface area contributed by atoms with E-state index in [1.165, 1.54) is 24.1 Å². The van der Waals surface area contributed by atoms with E-state index in [-0.39, 0.29) is 17.1 Å². The highest BCUT2D eigenvalue weighted by Crippen LogP contribution is 2.40. The number of carbonyl (C=O) groups excluding carboxylic acids is 2. The number of nitrogens with zero attached hydrogens (tertiary/aromatic N) is 1. The predicted molar refractivity (Wildman–Crippen MR) is 111 cm³/mol. The van der Waals surface area contributed by atoms with Crippen LogP contribution in [0.3, 0.4) is 0 Å². The lowest BCUT2D eigenvalue weighted by atomic mass is 9.95. The zero-order valence-electron chi connectivity index (χ0n) is 17.0. The van der Waals surface area contributed by atoms with Crippen molar-refractivity contribution in [3.05, 3.63) is 65.2 Å². The first-order chi connectivity index (χ1) is 14.5. The number of Topliss-reactive ketones (excluding diaryl/α,β-unsaturated/α-hetero) is 1. The number of aliphatic hydroxyl groups is 1. The molecule has 2 aromatic rings. The molecule has 0 aliphatic carbocycles. The average molecular weight is 411 g/mol. The van der Waals surface area contributed by atoms with Crippen molar-refractivity contribution in [2.45, 2.75) is 19.4 Å². The number of ketones is 1. The van der Waals surface area contributed by atoms with Crippen molar-refractivity contribution < 1.29 is 29.3 Å². The van der Waals surface area contributed by atoms with Crippen molar-refractivity contribution >= 4 is 17.4 Å². The first-order valence-corrected chi connectivity index (χ1v) is 9.77. The van der Waals surface area contributed by atoms with Gasteiger partial charge in [-0.1, -0.05) is 12.1 Å². The molecule has 1 atom stereocenters. The van der Waals surface area contributed by atoms with Crippen LogP contribution in [0.1, 0.15) is 30.5 Å². The Balaban J connectivity index is 2.04. The van der Waals surface area contributed by atoms with Gasteiger partial charge in [0.2, 0.25) is 0 Å². The number of likely N-dealkylation sites (tertiary alicyclic amines) is 1. The van der Waals surface area contributed by atoms with E-state index in [0.717, 1.165) is 0 Å². The van der Waals surface area contributed by atoms with E-state index < -0.39 is 17.7 Å². The third-order valence-electron chi connectivity index (χ3n) is 5.00. The van der Waals surface area contributed by atoms with Gasteiger partial charge in [-0.15, -0.1) is 0 Å². The van der Waals surface area contributed by atoms with Crippen LogP contribution in [0.15, 0.2) is 54.1 Å². The SMILES string of the molecule is CCOCCCN1C(=O)C(=O)C(=C(O)c2ccc(OC)cc2)[C@H]1c1ccc(O)cc1. The first-order valence-electron chi connectivity index (χ1n) is 9.77. The molecule has 3 rings (SSSR count). The Labute approximate surface area is 175 Å². The number of aromatic hydroxyl groups is 1. The molecule has 1 amide bonds. The average Bonchev–Trinajstić information content (AvgIpc) is 3.01. The number of aliphatic hydroxyl groups excluding tert-OH is 1. The number of benzene rings is 2. The van der Waals surface area contributed by atoms with Gasteiger partial charge in [-0.3, -0.25) is 9.59 Å². The number of rotatable bonds is 8. The molecule has 1 aliphatic rings. The Hall–Kier alpha value is -3.32. The summed E-state index contributed by atoms with van der Waals surface area (Å²) in [7, 11) is 1.54. The second kappa shape index (κ2) is 9.45. The summed E-state index contributed by atoms with van der Waals surface area (Å²) in [5.74, 6) is -0.973. The Morgan fingerprint density at radius 1 is 1.07 bits per heavy atom. The van der Waals surface area contributed by atoms with Gasteiger partial charge in [0.15, 0.2) is 0 Å². The fourth-order valence-corrected chi connectivity index (χ4v) is 3.50. The second-order valence-electron chi connectivity index (χ2n) is 6.86. The van der Waals surface area contributed by atoms with Crippen molar-refractivity contribution in [3.63, 3.8) is 0 Å². The van der Waals surface area contributed by atoms with Gasteiger partial charge in [0, 0.05) is 25.3 Å². The van der Waals surface area contributed by atoms with Crippen LogP contribution in [0.5, 0.6) is 11.5 Å². The van der Waals surface area contributed by atoms with E-state index in [2.05, 4.69) is 0 Å². The molecule has 30 heavy (non-hydrogen) atoms. The van der Waals surface area contributed by atoms with Gasteiger partial charge in [-0.25, -0.2) is 0 Å². The lowest BCUT2D eigenvalue weighted by Crippen LogP contribution is -2.31. The number of hydrogen-bond donors (Lipinski definition) is 2. The van der Waals surface area contributed by atoms with Gasteiger partial charge < -0.3 is 24.6 Å². The molecule has 1 saturated heterocycles. The molecule has 0 spiro atoms. The van der Waals surface area contributed by atoms with E-state index in [1.54, 1.807) is 36.4 Å². The Bertz CT molecular complexity index is 933. The summed E-state index contributed by atoms with van der Waals surface area (Å²) in [5, 5.41) is 20.6. The maximum absolute atomic E-state index is 12.9. The van der Waals surface area contributed by atoms with Gasteiger partial charge >= 0.3 is 0 Å². The molecule has 0 unspecified atom stereocenters. The first kappa shape index (κ1) is 21.4. The molecule has 7 heteroatoms. The second-order valence-corrected chi connectivity index (χ2v) is 6.86. The fraction of sp³-hybridized carbons (Fsp3) is 0.304. The summed E-state index contributed by atoms with van der Waals surface area (Å²) in [5.41, 5.74) is 1.05. The molecule has 0 bridgehead atoms. The number of carbonyl (C=O) groups is 2. The number of phenols is 1. The number of amides is 1. The smallest absolute Gasteiger partial charge is 0.295 e. The van der Waals surface area contributed by atoms with Gasteiger partial charge in [-0.05, 0) is 55.3 Å². The minimum Gasteiger partial charge on any atom is -0.508 e. The van der Waals surface area contributed by atoms with Crippen LogP contribution >= 0.6 is 0 Å². The largest absolute Gasteiger partial charge is 0.508 e. The molecule has 1 fully saturated rings. The topological polar surface area (TPSA) is 96.3 Å². The summed E-state index contributed by atoms with van der Waals surface area (Å²) in [4.78, 5) is 27.1. The van der Waals surface area contributed by atoms with E-state index in [9.17, 15) is 19.8 Å². The van der Waals surface area contributed by atoms with Crippen LogP contribution in [0.4, 0.5) is 0 Å². The monoisotopic (exact) mass is 411 g/mol. The third kappa shape index (κ3) is 4.31. The highest BCUT2D eigenvalue weighted by molar-refractivity contribution is 6.46. The van der Waals surface area contributed by atoms with Crippen molar-refractivity contribution in [2.24, 2.45) is 0 Å². The van der Waals surface area contributed by atoms with Gasteiger partial charge in [0.1, 0.15) is 17.3 Å². The molecule has 1 heterocycles. The maximum atomic E-state index is 12.9. The number of ether oxygens (including phenoxy) is 2. The van der Waals surface area contributed by atoms with E-state index in [0.29, 0.717) is 43.1 Å². The lowest BCUT2D eigenvalue weighted by molar-refractivity contribution is -0.140. The molecule has 158 valence electrons. The molecule has 7 nitrogen and oxygen atoms in total. The Morgan fingerprint density at radius 2 is 1.73 bits per heavy atom. The lowest BCUT2D eigenvalue weighted by Gasteiger charge is -2.25. The van der Waals surface area contributed by atoms with E-state index in [1.807, 2.05) is 6.92 Å². The highest BCUT2D eigenvalue weighted by Gasteiger charge is 2.45. The minimum absolute atomic E-state index is 0.0206. The molecule has 0 saturated carbocycles. The third-order valence-corrected chi connectivity index (χ3v) is 5.00. The van der Waals surface area contributed by atoms with Crippen molar-refractivity contribution in [2.75, 3.05) is 26.9 Å². The number of phenolic OH excluding ortho intramolecular Hbond substituents is 1. The molecule has 2 N–H and O–H groups in total. The summed E-state index contributed by atoms with van der Waals surface area (Å²) in [6, 6.07) is 12.1. The van der Waals surface area contributed by atoms with Crippen molar-refractivity contribution in [1.82, 2.24) is 4.90 Å². The highest BCUT2D eigenvalue weighted by atomic mass is 16.5. The van der Waals surface area contributed by atoms with Crippen LogP contribution in [0.2, 0.25) is 0 Å². The van der Waals surface area contributed by atoms with Crippen LogP contribution < -0.4 is 4.74 Å². The van der Waals surface area contributed by atoms with Crippen LogP contribution in [0.25, 0.3) is 5.76 Å². The zero-order chi connectivity index (χ0) is 21.7. The fourth-order valence-electron chi connectivity index (χ4n) is 3.50. The zero-order valence-corrected chi connectivity index (χ0v) is 17.0. The standard InChI is InChI=1S/C23H25NO6/c1-3-30-14-4-13-24-20(15-5-9-17(25)10-6-15)19(22(27)23(24)28)21(26)16-7-11-18(29-2)12-8-16/h5-12,20,25-26H,3-4,13-14H2,1-2H3/t20-/m1/s1. The van der Waals surface area contributed by atoms with Crippen LogP contribution in [0, 0.1) is 0 Å². The Kier molecular flexibility index (Phi) is 6.74. The normalized spacial score (nSPS) is 18.1. The summed E-state index contributed by atoms with van der Waals surface area (Å²) >= 11 is 0. The summed E-state index contributed by atoms with van der Waals surface area (Å²) < 4.78 is 10.5. The number of methoxy groups -OCH3 is 1. The molecule has 0 radical (unpaired) electrons. The van der Waals surface area contributed by atoms with Crippen LogP contribution in [-0.4, -0.2) is 53.7 Å². The molecular weight excluding hydrogens is 386 g/mol. The molecule has 1 aliphatic heterocycles. The minimum atomic E-state index is -0.755. The van der Waals surface area contributed by atoms with Gasteiger partial charge in [-0.2, -0.15) is 0 Å². The molecular formula is C23H25NO6. The van der Waals surface area contributed by atoms with Gasteiger partial charge in [0.05, 0.1) is 18.7 Å². The van der Waals surface area contributed by atoms with E-state index >= 15 is 0 Å². The molecule has 2 aromatic carbocycles. The Morgan fingerprint density at radius 3 is 2.33 bits per heavy atom. The summed E-state index contributed by atoms with van der Waals surface area (Å²) in [6.45, 7) is 3.21.